The second kappa shape index (κ2) is 13.0. The topological polar surface area (TPSA) is 0 Å². The summed E-state index contributed by atoms with van der Waals surface area (Å²) in [6.45, 7) is 2.57. The van der Waals surface area contributed by atoms with Crippen LogP contribution in [0.15, 0.2) is 0 Å². The zero-order valence-electron chi connectivity index (χ0n) is 18.8. The van der Waals surface area contributed by atoms with E-state index in [4.69, 9.17) is 0 Å². The van der Waals surface area contributed by atoms with Gasteiger partial charge in [0.25, 0.3) is 11.8 Å². The van der Waals surface area contributed by atoms with Gasteiger partial charge in [-0.25, -0.2) is 22.0 Å². The maximum atomic E-state index is 14.0. The second-order valence-electron chi connectivity index (χ2n) is 8.79. The van der Waals surface area contributed by atoms with E-state index in [1.165, 1.54) is 0 Å². The van der Waals surface area contributed by atoms with E-state index in [1.807, 2.05) is 0 Å². The van der Waals surface area contributed by atoms with E-state index < -0.39 is 112 Å². The van der Waals surface area contributed by atoms with Gasteiger partial charge in [0.05, 0.1) is 30.6 Å². The predicted octanol–water partition coefficient (Wildman–Crippen LogP) is 9.65. The van der Waals surface area contributed by atoms with E-state index in [-0.39, 0.29) is 31.1 Å². The summed E-state index contributed by atoms with van der Waals surface area (Å²) in [6.07, 6.45) is -37.7. The van der Waals surface area contributed by atoms with Gasteiger partial charge in [-0.3, -0.25) is 0 Å². The molecule has 0 aromatic heterocycles. The summed E-state index contributed by atoms with van der Waals surface area (Å²) in [4.78, 5) is 0. The molecule has 37 heavy (non-hydrogen) atoms. The van der Waals surface area contributed by atoms with Gasteiger partial charge in [0.15, 0.2) is 0 Å². The molecular formula is C19H22F17U-. The molecule has 0 saturated heterocycles. The van der Waals surface area contributed by atoms with Gasteiger partial charge in [-0.05, 0) is 19.8 Å². The third-order valence-electron chi connectivity index (χ3n) is 5.32. The molecule has 222 valence electrons. The fourth-order valence-corrected chi connectivity index (χ4v) is 3.50. The Bertz CT molecular complexity index is 672. The standard InChI is InChI=1S/C19H22F17.U/c1-3-4-10(16(25,26)27)5-11(17(28,29)30)6-12(18(31,32)33)7-14(21,22)9-15(23,24)8-13(2,20)19(34,35)36;/h10-12H,1,3-9H2,2H3;/q-1;. The van der Waals surface area contributed by atoms with Crippen LogP contribution in [0.3, 0.4) is 0 Å². The van der Waals surface area contributed by atoms with Crippen molar-refractivity contribution in [3.05, 3.63) is 6.92 Å². The molecule has 0 aliphatic heterocycles. The van der Waals surface area contributed by atoms with Crippen LogP contribution in [-0.4, -0.2) is 42.2 Å². The Kier molecular flexibility index (Phi) is 13.7. The zero-order chi connectivity index (χ0) is 29.2. The first kappa shape index (κ1) is 39.0. The molecule has 0 heterocycles. The summed E-state index contributed by atoms with van der Waals surface area (Å²) in [7, 11) is 0. The van der Waals surface area contributed by atoms with Crippen molar-refractivity contribution in [3.8, 4) is 0 Å². The van der Waals surface area contributed by atoms with E-state index in [9.17, 15) is 74.6 Å². The molecule has 4 unspecified atom stereocenters. The first-order valence-electron chi connectivity index (χ1n) is 10.0. The van der Waals surface area contributed by atoms with Crippen LogP contribution in [0.5, 0.6) is 0 Å². The molecule has 0 fully saturated rings. The normalized spacial score (nSPS) is 18.6. The Morgan fingerprint density at radius 3 is 1.24 bits per heavy atom. The van der Waals surface area contributed by atoms with Crippen LogP contribution in [0.4, 0.5) is 74.6 Å². The van der Waals surface area contributed by atoms with Gasteiger partial charge in [0, 0.05) is 37.5 Å². The molecule has 18 heteroatoms. The van der Waals surface area contributed by atoms with Crippen LogP contribution in [0, 0.1) is 55.8 Å². The molecule has 0 aliphatic rings. The van der Waals surface area contributed by atoms with Crippen LogP contribution in [0.2, 0.25) is 0 Å². The van der Waals surface area contributed by atoms with Gasteiger partial charge in [-0.1, -0.05) is 6.42 Å². The summed E-state index contributed by atoms with van der Waals surface area (Å²) in [6, 6.07) is 0. The molecule has 0 N–H and O–H groups in total. The van der Waals surface area contributed by atoms with E-state index in [2.05, 4.69) is 6.92 Å². The van der Waals surface area contributed by atoms with Gasteiger partial charge < -0.3 is 6.92 Å². The molecule has 0 amide bonds. The monoisotopic (exact) mass is 811 g/mol. The predicted molar refractivity (Wildman–Crippen MR) is 91.8 cm³/mol. The molecular weight excluding hydrogens is 789 g/mol. The second-order valence-corrected chi connectivity index (χ2v) is 8.79. The maximum absolute atomic E-state index is 14.0. The fraction of sp³-hybridized carbons (Fsp3) is 0.947. The molecule has 0 nitrogen and oxygen atoms in total. The molecule has 0 bridgehead atoms. The SMILES string of the molecule is [CH2-]CCC(CC(CC(CC(F)(F)CC(F)(F)CC(C)(F)C(F)(F)F)C(F)(F)F)C(F)(F)F)C(F)(F)F.[U]. The summed E-state index contributed by atoms with van der Waals surface area (Å²) in [5.74, 6) is -20.5. The van der Waals surface area contributed by atoms with Crippen molar-refractivity contribution in [2.45, 2.75) is 94.1 Å². The molecule has 0 aromatic carbocycles. The minimum atomic E-state index is -5.97. The van der Waals surface area contributed by atoms with Crippen molar-refractivity contribution in [3.63, 3.8) is 0 Å². The average Bonchev–Trinajstić information content (AvgIpc) is 2.53. The van der Waals surface area contributed by atoms with Gasteiger partial charge in [0.1, 0.15) is 0 Å². The van der Waals surface area contributed by atoms with Crippen LogP contribution in [0.1, 0.15) is 51.9 Å². The molecule has 0 aliphatic carbocycles. The smallest absolute Gasteiger partial charge is 0.343 e. The minimum Gasteiger partial charge on any atom is -0.343 e. The molecule has 0 spiro atoms. The molecule has 0 aromatic rings. The maximum Gasteiger partial charge on any atom is 0.422 e. The Labute approximate surface area is 224 Å². The summed E-state index contributed by atoms with van der Waals surface area (Å²) in [5.41, 5.74) is -4.74. The quantitative estimate of drug-likeness (QED) is 0.136. The van der Waals surface area contributed by atoms with Crippen molar-refractivity contribution in [2.75, 3.05) is 0 Å². The van der Waals surface area contributed by atoms with Crippen molar-refractivity contribution >= 4 is 0 Å². The first-order chi connectivity index (χ1) is 15.5. The third kappa shape index (κ3) is 13.7. The zero-order valence-corrected chi connectivity index (χ0v) is 23.0. The van der Waals surface area contributed by atoms with Gasteiger partial charge in [0.2, 0.25) is 5.67 Å². The van der Waals surface area contributed by atoms with Gasteiger partial charge in [-0.15, -0.1) is 0 Å². The fourth-order valence-electron chi connectivity index (χ4n) is 3.50. The van der Waals surface area contributed by atoms with Gasteiger partial charge in [-0.2, -0.15) is 59.1 Å². The largest absolute Gasteiger partial charge is 0.422 e. The van der Waals surface area contributed by atoms with Crippen LogP contribution < -0.4 is 0 Å². The first-order valence-corrected chi connectivity index (χ1v) is 10.0. The van der Waals surface area contributed by atoms with Gasteiger partial charge >= 0.3 is 24.7 Å². The van der Waals surface area contributed by atoms with E-state index in [0.717, 1.165) is 0 Å². The summed E-state index contributed by atoms with van der Waals surface area (Å²) < 4.78 is 225. The van der Waals surface area contributed by atoms with Crippen molar-refractivity contribution in [1.82, 2.24) is 0 Å². The molecule has 0 saturated carbocycles. The number of hydrogen-bond donors (Lipinski definition) is 0. The Balaban J connectivity index is 0. The average molecular weight is 811 g/mol. The Morgan fingerprint density at radius 1 is 0.541 bits per heavy atom. The number of halogens is 17. The molecule has 0 radical (unpaired) electrons. The number of hydrogen-bond acceptors (Lipinski definition) is 0. The summed E-state index contributed by atoms with van der Waals surface area (Å²) in [5, 5.41) is 0. The van der Waals surface area contributed by atoms with Crippen molar-refractivity contribution < 1.29 is 106 Å². The van der Waals surface area contributed by atoms with Crippen LogP contribution >= 0.6 is 0 Å². The van der Waals surface area contributed by atoms with E-state index in [1.54, 1.807) is 0 Å². The number of rotatable bonds is 12. The van der Waals surface area contributed by atoms with Crippen LogP contribution in [-0.2, 0) is 0 Å². The molecule has 0 rings (SSSR count). The van der Waals surface area contributed by atoms with E-state index in [0.29, 0.717) is 0 Å². The van der Waals surface area contributed by atoms with E-state index >= 15 is 0 Å². The number of alkyl halides is 17. The van der Waals surface area contributed by atoms with Crippen molar-refractivity contribution in [1.29, 1.82) is 0 Å². The third-order valence-corrected chi connectivity index (χ3v) is 5.32. The van der Waals surface area contributed by atoms with Crippen molar-refractivity contribution in [2.24, 2.45) is 17.8 Å². The minimum absolute atomic E-state index is 0. The molecule has 4 atom stereocenters. The summed E-state index contributed by atoms with van der Waals surface area (Å²) >= 11 is 0. The Morgan fingerprint density at radius 2 is 0.919 bits per heavy atom. The Hall–Kier alpha value is -0.138. The van der Waals surface area contributed by atoms with Crippen LogP contribution in [0.25, 0.3) is 0 Å².